The predicted octanol–water partition coefficient (Wildman–Crippen LogP) is 3.43. The van der Waals surface area contributed by atoms with E-state index in [2.05, 4.69) is 10.6 Å². The normalized spacial score (nSPS) is 15.8. The number of benzene rings is 2. The molecule has 1 aliphatic heterocycles. The highest BCUT2D eigenvalue weighted by molar-refractivity contribution is 8.18. The second-order valence-electron chi connectivity index (χ2n) is 7.74. The quantitative estimate of drug-likeness (QED) is 0.578. The lowest BCUT2D eigenvalue weighted by Gasteiger charge is -2.22. The first-order valence-electron chi connectivity index (χ1n) is 10.4. The topological polar surface area (TPSA) is 95.6 Å². The van der Waals surface area contributed by atoms with E-state index in [-0.39, 0.29) is 24.6 Å². The summed E-state index contributed by atoms with van der Waals surface area (Å²) in [7, 11) is 0. The maximum atomic E-state index is 13.1. The van der Waals surface area contributed by atoms with Gasteiger partial charge in [-0.3, -0.25) is 24.1 Å². The zero-order valence-electron chi connectivity index (χ0n) is 18.2. The van der Waals surface area contributed by atoms with Crippen molar-refractivity contribution >= 4 is 40.8 Å². The summed E-state index contributed by atoms with van der Waals surface area (Å²) in [5.74, 6) is -2.03. The van der Waals surface area contributed by atoms with Crippen molar-refractivity contribution in [1.82, 2.24) is 15.5 Å². The molecule has 2 N–H and O–H groups in total. The zero-order valence-corrected chi connectivity index (χ0v) is 19.0. The number of thioether (sulfide) groups is 1. The third-order valence-electron chi connectivity index (χ3n) is 4.95. The molecule has 0 radical (unpaired) electrons. The first-order chi connectivity index (χ1) is 15.8. The van der Waals surface area contributed by atoms with Crippen LogP contribution in [0.25, 0.3) is 6.08 Å². The number of rotatable bonds is 8. The van der Waals surface area contributed by atoms with E-state index in [9.17, 15) is 23.6 Å². The van der Waals surface area contributed by atoms with Crippen molar-refractivity contribution in [3.8, 4) is 0 Å². The Bertz CT molecular complexity index is 1070. The second-order valence-corrected chi connectivity index (χ2v) is 8.73. The van der Waals surface area contributed by atoms with E-state index >= 15 is 0 Å². The van der Waals surface area contributed by atoms with Gasteiger partial charge >= 0.3 is 0 Å². The molecule has 1 unspecified atom stereocenters. The van der Waals surface area contributed by atoms with Crippen molar-refractivity contribution in [1.29, 1.82) is 0 Å². The van der Waals surface area contributed by atoms with Crippen LogP contribution in [0.5, 0.6) is 0 Å². The molecule has 4 amide bonds. The number of carbonyl (C=O) groups excluding carboxylic acids is 4. The molecule has 1 aliphatic rings. The van der Waals surface area contributed by atoms with Crippen LogP contribution in [0.4, 0.5) is 9.18 Å². The second kappa shape index (κ2) is 10.9. The van der Waals surface area contributed by atoms with Crippen molar-refractivity contribution in [2.75, 3.05) is 13.1 Å². The van der Waals surface area contributed by atoms with Gasteiger partial charge in [0.15, 0.2) is 0 Å². The third-order valence-corrected chi connectivity index (χ3v) is 5.86. The number of amides is 4. The van der Waals surface area contributed by atoms with Crippen molar-refractivity contribution < 1.29 is 23.6 Å². The summed E-state index contributed by atoms with van der Waals surface area (Å²) >= 11 is 0.856. The van der Waals surface area contributed by atoms with Gasteiger partial charge in [-0.25, -0.2) is 4.39 Å². The molecule has 2 aromatic carbocycles. The van der Waals surface area contributed by atoms with Gasteiger partial charge in [-0.15, -0.1) is 0 Å². The van der Waals surface area contributed by atoms with Crippen LogP contribution in [0.1, 0.15) is 29.8 Å². The van der Waals surface area contributed by atoms with Crippen LogP contribution >= 0.6 is 11.8 Å². The fourth-order valence-corrected chi connectivity index (χ4v) is 4.02. The van der Waals surface area contributed by atoms with Crippen LogP contribution in [-0.4, -0.2) is 47.0 Å². The Hall–Kier alpha value is -3.46. The number of halogens is 1. The molecule has 9 heteroatoms. The molecule has 33 heavy (non-hydrogen) atoms. The van der Waals surface area contributed by atoms with Gasteiger partial charge in [0.25, 0.3) is 17.1 Å². The summed E-state index contributed by atoms with van der Waals surface area (Å²) < 4.78 is 13.1. The SMILES string of the molecule is CC(C)C(NC(=O)c1ccc(F)cc1)C(=O)NCCN1C(=O)S/C(=C/c2ccccc2)C1=O. The molecular formula is C24H24FN3O4S. The zero-order chi connectivity index (χ0) is 24.0. The number of carbonyl (C=O) groups is 4. The minimum Gasteiger partial charge on any atom is -0.353 e. The molecule has 172 valence electrons. The smallest absolute Gasteiger partial charge is 0.293 e. The lowest BCUT2D eigenvalue weighted by atomic mass is 10.0. The Morgan fingerprint density at radius 3 is 2.36 bits per heavy atom. The van der Waals surface area contributed by atoms with Crippen LogP contribution in [0.3, 0.4) is 0 Å². The molecule has 1 heterocycles. The molecule has 1 fully saturated rings. The fourth-order valence-electron chi connectivity index (χ4n) is 3.16. The third kappa shape index (κ3) is 6.29. The monoisotopic (exact) mass is 469 g/mol. The van der Waals surface area contributed by atoms with Crippen LogP contribution in [0.2, 0.25) is 0 Å². The number of imide groups is 1. The summed E-state index contributed by atoms with van der Waals surface area (Å²) in [6.45, 7) is 3.62. The molecular weight excluding hydrogens is 445 g/mol. The lowest BCUT2D eigenvalue weighted by Crippen LogP contribution is -2.51. The average molecular weight is 470 g/mol. The molecule has 3 rings (SSSR count). The van der Waals surface area contributed by atoms with Gasteiger partial charge in [-0.2, -0.15) is 0 Å². The Kier molecular flexibility index (Phi) is 8.00. The summed E-state index contributed by atoms with van der Waals surface area (Å²) in [5.41, 5.74) is 1.05. The van der Waals surface area contributed by atoms with Crippen molar-refractivity contribution in [3.05, 3.63) is 76.4 Å². The molecule has 0 bridgehead atoms. The Morgan fingerprint density at radius 1 is 1.06 bits per heavy atom. The van der Waals surface area contributed by atoms with Crippen LogP contribution in [-0.2, 0) is 9.59 Å². The fraction of sp³-hybridized carbons (Fsp3) is 0.250. The Balaban J connectivity index is 1.56. The first-order valence-corrected chi connectivity index (χ1v) is 11.2. The summed E-state index contributed by atoms with van der Waals surface area (Å²) in [5, 5.41) is 4.92. The van der Waals surface area contributed by atoms with Crippen molar-refractivity contribution in [2.24, 2.45) is 5.92 Å². The highest BCUT2D eigenvalue weighted by atomic mass is 32.2. The van der Waals surface area contributed by atoms with Gasteiger partial charge in [0.2, 0.25) is 5.91 Å². The van der Waals surface area contributed by atoms with E-state index in [1.165, 1.54) is 24.3 Å². The molecule has 0 saturated carbocycles. The molecule has 1 saturated heterocycles. The lowest BCUT2D eigenvalue weighted by molar-refractivity contribution is -0.125. The van der Waals surface area contributed by atoms with Crippen molar-refractivity contribution in [2.45, 2.75) is 19.9 Å². The standard InChI is InChI=1S/C24H24FN3O4S/c1-15(2)20(27-21(29)17-8-10-18(25)11-9-17)22(30)26-12-13-28-23(31)19(33-24(28)32)14-16-6-4-3-5-7-16/h3-11,14-15,20H,12-13H2,1-2H3,(H,26,30)(H,27,29)/b19-14+. The summed E-state index contributed by atoms with van der Waals surface area (Å²) in [4.78, 5) is 51.3. The number of hydrogen-bond acceptors (Lipinski definition) is 5. The van der Waals surface area contributed by atoms with Gasteiger partial charge < -0.3 is 10.6 Å². The predicted molar refractivity (Wildman–Crippen MR) is 125 cm³/mol. The molecule has 7 nitrogen and oxygen atoms in total. The first kappa shape index (κ1) is 24.2. The summed E-state index contributed by atoms with van der Waals surface area (Å²) in [6, 6.07) is 13.4. The maximum Gasteiger partial charge on any atom is 0.293 e. The Morgan fingerprint density at radius 2 is 1.73 bits per heavy atom. The molecule has 0 spiro atoms. The van der Waals surface area contributed by atoms with Crippen LogP contribution in [0.15, 0.2) is 59.5 Å². The van der Waals surface area contributed by atoms with Gasteiger partial charge in [-0.05, 0) is 53.6 Å². The number of nitrogens with one attached hydrogen (secondary N) is 2. The van der Waals surface area contributed by atoms with Crippen LogP contribution < -0.4 is 10.6 Å². The van der Waals surface area contributed by atoms with Gasteiger partial charge in [-0.1, -0.05) is 44.2 Å². The van der Waals surface area contributed by atoms with E-state index in [1.54, 1.807) is 19.9 Å². The van der Waals surface area contributed by atoms with E-state index in [0.29, 0.717) is 4.91 Å². The van der Waals surface area contributed by atoms with E-state index in [1.807, 2.05) is 30.3 Å². The maximum absolute atomic E-state index is 13.1. The largest absolute Gasteiger partial charge is 0.353 e. The van der Waals surface area contributed by atoms with Crippen LogP contribution in [0, 0.1) is 11.7 Å². The van der Waals surface area contributed by atoms with E-state index < -0.39 is 34.8 Å². The minimum atomic E-state index is -0.838. The minimum absolute atomic E-state index is 0.0132. The van der Waals surface area contributed by atoms with Gasteiger partial charge in [0.05, 0.1) is 4.91 Å². The average Bonchev–Trinajstić information content (AvgIpc) is 3.05. The number of hydrogen-bond donors (Lipinski definition) is 2. The Labute approximate surface area is 195 Å². The summed E-state index contributed by atoms with van der Waals surface area (Å²) in [6.07, 6.45) is 1.66. The van der Waals surface area contributed by atoms with Gasteiger partial charge in [0.1, 0.15) is 11.9 Å². The van der Waals surface area contributed by atoms with Gasteiger partial charge in [0, 0.05) is 18.7 Å². The molecule has 1 atom stereocenters. The molecule has 2 aromatic rings. The molecule has 0 aliphatic carbocycles. The number of nitrogens with zero attached hydrogens (tertiary/aromatic N) is 1. The highest BCUT2D eigenvalue weighted by Crippen LogP contribution is 2.31. The van der Waals surface area contributed by atoms with E-state index in [0.717, 1.165) is 22.2 Å². The van der Waals surface area contributed by atoms with Crippen molar-refractivity contribution in [3.63, 3.8) is 0 Å². The highest BCUT2D eigenvalue weighted by Gasteiger charge is 2.35. The molecule has 0 aromatic heterocycles. The van der Waals surface area contributed by atoms with E-state index in [4.69, 9.17) is 0 Å².